The Labute approximate surface area is 223 Å². The number of fused-ring (bicyclic) bond motifs is 4. The second-order valence-corrected chi connectivity index (χ2v) is 11.7. The van der Waals surface area contributed by atoms with E-state index >= 15 is 0 Å². The summed E-state index contributed by atoms with van der Waals surface area (Å²) < 4.78 is 93.4. The van der Waals surface area contributed by atoms with Gasteiger partial charge in [-0.1, -0.05) is 23.2 Å². The van der Waals surface area contributed by atoms with Crippen molar-refractivity contribution in [3.05, 3.63) is 45.5 Å². The summed E-state index contributed by atoms with van der Waals surface area (Å²) in [5.41, 5.74) is 5.12. The van der Waals surface area contributed by atoms with Crippen LogP contribution in [-0.4, -0.2) is 43.5 Å². The third-order valence-corrected chi connectivity index (χ3v) is 7.89. The molecule has 0 fully saturated rings. The Balaban J connectivity index is 1.82. The molecule has 0 radical (unpaired) electrons. The number of rotatable bonds is 4. The summed E-state index contributed by atoms with van der Waals surface area (Å²) in [6.07, 6.45) is 0. The van der Waals surface area contributed by atoms with Gasteiger partial charge in [0, 0.05) is 6.04 Å². The fraction of sp³-hybridized carbons (Fsp3) is 0.143. The van der Waals surface area contributed by atoms with E-state index in [2.05, 4.69) is 15.3 Å². The Bertz CT molecular complexity index is 1930. The van der Waals surface area contributed by atoms with E-state index in [9.17, 15) is 30.3 Å². The van der Waals surface area contributed by atoms with Crippen LogP contribution in [0.4, 0.5) is 15.8 Å². The number of aromatic nitrogens is 1. The first-order valence-corrected chi connectivity index (χ1v) is 14.1. The molecule has 0 saturated carbocycles. The minimum absolute atomic E-state index is 0.0436. The molecule has 12 nitrogen and oxygen atoms in total. The zero-order valence-electron chi connectivity index (χ0n) is 18.9. The van der Waals surface area contributed by atoms with Gasteiger partial charge in [0.1, 0.15) is 32.8 Å². The number of hydrogen-bond donors (Lipinski definition) is 4. The van der Waals surface area contributed by atoms with Gasteiger partial charge in [0.2, 0.25) is 0 Å². The van der Waals surface area contributed by atoms with E-state index in [1.54, 1.807) is 6.92 Å². The minimum atomic E-state index is -5.05. The van der Waals surface area contributed by atoms with Crippen molar-refractivity contribution in [3.63, 3.8) is 0 Å². The van der Waals surface area contributed by atoms with Gasteiger partial charge in [0.15, 0.2) is 32.6 Å². The Morgan fingerprint density at radius 3 is 2.39 bits per heavy atom. The molecule has 3 aliphatic rings. The SMILES string of the molecule is CC(N)CN=c1ccc2nc3c(Cl)c4c(c(Cl)c3oc-2c1S(=O)(=O)O)Nc1ccc(F)c(S(=O)(=O)O)c1O4. The zero-order chi connectivity index (χ0) is 27.7. The van der Waals surface area contributed by atoms with Crippen LogP contribution in [0.25, 0.3) is 22.6 Å². The van der Waals surface area contributed by atoms with Crippen LogP contribution in [0.3, 0.4) is 0 Å². The molecule has 0 amide bonds. The molecule has 5 rings (SSSR count). The lowest BCUT2D eigenvalue weighted by molar-refractivity contribution is 0.433. The molecule has 0 spiro atoms. The van der Waals surface area contributed by atoms with Gasteiger partial charge in [-0.05, 0) is 31.2 Å². The summed E-state index contributed by atoms with van der Waals surface area (Å²) in [6.45, 7) is 1.70. The molecule has 5 N–H and O–H groups in total. The number of anilines is 2. The monoisotopic (exact) mass is 604 g/mol. The highest BCUT2D eigenvalue weighted by Gasteiger charge is 2.34. The number of nitrogens with zero attached hydrogens (tertiary/aromatic N) is 2. The number of benzene rings is 3. The molecule has 2 aliphatic heterocycles. The van der Waals surface area contributed by atoms with Crippen LogP contribution >= 0.6 is 23.2 Å². The lowest BCUT2D eigenvalue weighted by atomic mass is 10.1. The van der Waals surface area contributed by atoms with Crippen LogP contribution in [-0.2, 0) is 20.2 Å². The van der Waals surface area contributed by atoms with Crippen molar-refractivity contribution in [2.75, 3.05) is 11.9 Å². The van der Waals surface area contributed by atoms with E-state index in [1.807, 2.05) is 0 Å². The predicted octanol–water partition coefficient (Wildman–Crippen LogP) is 3.97. The molecule has 2 aromatic rings. The third kappa shape index (κ3) is 4.35. The van der Waals surface area contributed by atoms with Gasteiger partial charge in [0.25, 0.3) is 0 Å². The van der Waals surface area contributed by atoms with Crippen molar-refractivity contribution in [3.8, 4) is 23.0 Å². The highest BCUT2D eigenvalue weighted by Crippen LogP contribution is 2.54. The smallest absolute Gasteiger partial charge is 0.301 e. The average Bonchev–Trinajstić information content (AvgIpc) is 2.82. The minimum Gasteiger partial charge on any atom is -0.450 e. The summed E-state index contributed by atoms with van der Waals surface area (Å²) in [4.78, 5) is 6.63. The summed E-state index contributed by atoms with van der Waals surface area (Å²) in [6, 6.07) is 4.15. The number of nitrogens with two attached hydrogens (primary N) is 1. The van der Waals surface area contributed by atoms with Crippen molar-refractivity contribution < 1.29 is 39.5 Å². The number of ether oxygens (including phenoxy) is 1. The molecular formula is C21H15Cl2FN4O8S2. The second-order valence-electron chi connectivity index (χ2n) is 8.23. The van der Waals surface area contributed by atoms with Crippen LogP contribution in [0.1, 0.15) is 6.92 Å². The molecular weight excluding hydrogens is 590 g/mol. The van der Waals surface area contributed by atoms with Crippen molar-refractivity contribution in [1.82, 2.24) is 4.98 Å². The molecule has 1 unspecified atom stereocenters. The van der Waals surface area contributed by atoms with Gasteiger partial charge in [-0.25, -0.2) is 9.37 Å². The van der Waals surface area contributed by atoms with Crippen LogP contribution in [0, 0.1) is 5.82 Å². The number of nitrogens with one attached hydrogen (secondary N) is 1. The first-order chi connectivity index (χ1) is 17.7. The molecule has 2 aromatic carbocycles. The molecule has 38 heavy (non-hydrogen) atoms. The summed E-state index contributed by atoms with van der Waals surface area (Å²) in [5.74, 6) is -2.50. The predicted molar refractivity (Wildman–Crippen MR) is 134 cm³/mol. The van der Waals surface area contributed by atoms with Gasteiger partial charge in [-0.3, -0.25) is 14.1 Å². The first kappa shape index (κ1) is 26.6. The van der Waals surface area contributed by atoms with Crippen LogP contribution in [0.5, 0.6) is 11.5 Å². The molecule has 0 aromatic heterocycles. The highest BCUT2D eigenvalue weighted by molar-refractivity contribution is 7.86. The van der Waals surface area contributed by atoms with E-state index in [-0.39, 0.29) is 61.6 Å². The standard InChI is InChI=1S/C21H15Cl2FN4O8S2/c1-7(25)6-26-11-5-4-10-17(21(11)38(32,33)34)36-19-13(23)14-18(12(22)15(19)28-10)35-16-9(27-14)3-2-8(24)20(16)37(29,30)31/h2-5,7,27H,6,25H2,1H3,(H,29,30,31)(H,32,33,34). The maximum absolute atomic E-state index is 14.3. The van der Waals surface area contributed by atoms with Gasteiger partial charge >= 0.3 is 20.2 Å². The van der Waals surface area contributed by atoms with Crippen molar-refractivity contribution in [2.24, 2.45) is 10.7 Å². The van der Waals surface area contributed by atoms with Gasteiger partial charge < -0.3 is 20.2 Å². The summed E-state index contributed by atoms with van der Waals surface area (Å²) in [5, 5.41) is 2.12. The molecule has 200 valence electrons. The fourth-order valence-electron chi connectivity index (χ4n) is 3.82. The van der Waals surface area contributed by atoms with Gasteiger partial charge in [0.05, 0.1) is 17.6 Å². The molecule has 0 saturated heterocycles. The summed E-state index contributed by atoms with van der Waals surface area (Å²) in [7, 11) is -9.93. The number of hydrogen-bond acceptors (Lipinski definition) is 10. The molecule has 0 bridgehead atoms. The lowest BCUT2D eigenvalue weighted by Gasteiger charge is -2.25. The fourth-order valence-corrected chi connectivity index (χ4v) is 5.82. The third-order valence-electron chi connectivity index (χ3n) is 5.37. The average molecular weight is 605 g/mol. The van der Waals surface area contributed by atoms with Crippen LogP contribution in [0.2, 0.25) is 10.0 Å². The largest absolute Gasteiger partial charge is 0.450 e. The Morgan fingerprint density at radius 1 is 1.08 bits per heavy atom. The maximum Gasteiger partial charge on any atom is 0.301 e. The Morgan fingerprint density at radius 2 is 1.76 bits per heavy atom. The molecule has 1 aliphatic carbocycles. The van der Waals surface area contributed by atoms with E-state index < -0.39 is 47.6 Å². The molecule has 17 heteroatoms. The Kier molecular flexibility index (Phi) is 6.30. The van der Waals surface area contributed by atoms with Crippen LogP contribution < -0.4 is 21.1 Å². The Hall–Kier alpha value is -3.05. The number of halogens is 3. The highest BCUT2D eigenvalue weighted by atomic mass is 35.5. The zero-order valence-corrected chi connectivity index (χ0v) is 22.0. The second kappa shape index (κ2) is 9.01. The first-order valence-electron chi connectivity index (χ1n) is 10.5. The lowest BCUT2D eigenvalue weighted by Crippen LogP contribution is -2.23. The molecule has 2 heterocycles. The van der Waals surface area contributed by atoms with Crippen molar-refractivity contribution in [1.29, 1.82) is 0 Å². The maximum atomic E-state index is 14.3. The van der Waals surface area contributed by atoms with Gasteiger partial charge in [-0.2, -0.15) is 16.8 Å². The van der Waals surface area contributed by atoms with E-state index in [4.69, 9.17) is 38.1 Å². The van der Waals surface area contributed by atoms with Crippen molar-refractivity contribution in [2.45, 2.75) is 22.8 Å². The normalized spacial score (nSPS) is 14.7. The topological polar surface area (TPSA) is 194 Å². The van der Waals surface area contributed by atoms with Crippen molar-refractivity contribution >= 4 is 65.9 Å². The van der Waals surface area contributed by atoms with E-state index in [0.717, 1.165) is 12.1 Å². The van der Waals surface area contributed by atoms with Gasteiger partial charge in [-0.15, -0.1) is 0 Å². The van der Waals surface area contributed by atoms with Crippen LogP contribution in [0.15, 0.2) is 43.5 Å². The van der Waals surface area contributed by atoms with E-state index in [0.29, 0.717) is 0 Å². The quantitative estimate of drug-likeness (QED) is 0.171. The summed E-state index contributed by atoms with van der Waals surface area (Å²) >= 11 is 13.0. The molecule has 1 atom stereocenters. The van der Waals surface area contributed by atoms with E-state index in [1.165, 1.54) is 12.1 Å².